The Labute approximate surface area is 126 Å². The summed E-state index contributed by atoms with van der Waals surface area (Å²) in [4.78, 5) is 2.32. The average Bonchev–Trinajstić information content (AvgIpc) is 2.85. The molecule has 2 N–H and O–H groups in total. The Morgan fingerprint density at radius 2 is 2.25 bits per heavy atom. The summed E-state index contributed by atoms with van der Waals surface area (Å²) in [6, 6.07) is 6.66. The van der Waals surface area contributed by atoms with Crippen molar-refractivity contribution in [2.45, 2.75) is 32.5 Å². The van der Waals surface area contributed by atoms with Crippen LogP contribution in [0.4, 0.5) is 5.69 Å². The molecule has 0 amide bonds. The van der Waals surface area contributed by atoms with Gasteiger partial charge >= 0.3 is 0 Å². The molecule has 0 saturated carbocycles. The van der Waals surface area contributed by atoms with Gasteiger partial charge in [0.15, 0.2) is 5.82 Å². The molecule has 1 aromatic heterocycles. The number of hydrogen-bond acceptors (Lipinski definition) is 4. The second-order valence-electron chi connectivity index (χ2n) is 5.33. The van der Waals surface area contributed by atoms with E-state index in [4.69, 9.17) is 5.73 Å². The highest BCUT2D eigenvalue weighted by Gasteiger charge is 2.19. The summed E-state index contributed by atoms with van der Waals surface area (Å²) >= 11 is 3.68. The number of halogens is 1. The first-order valence-corrected chi connectivity index (χ1v) is 7.58. The number of aromatic nitrogens is 3. The van der Waals surface area contributed by atoms with E-state index in [1.807, 2.05) is 6.92 Å². The van der Waals surface area contributed by atoms with Crippen molar-refractivity contribution >= 4 is 21.6 Å². The standard InChI is InChI=1S/C14H18BrN5/c1-10(16)6-11-2-3-13(12(15)7-11)19-4-5-20-9-17-18-14(20)8-19/h2-3,7,9-10H,4-6,8,16H2,1H3. The molecule has 106 valence electrons. The molecular weight excluding hydrogens is 318 g/mol. The van der Waals surface area contributed by atoms with E-state index in [2.05, 4.69) is 53.8 Å². The van der Waals surface area contributed by atoms with Crippen molar-refractivity contribution in [3.05, 3.63) is 40.4 Å². The third-order valence-electron chi connectivity index (χ3n) is 3.55. The van der Waals surface area contributed by atoms with Gasteiger partial charge in [-0.25, -0.2) is 0 Å². The van der Waals surface area contributed by atoms with Crippen LogP contribution in [-0.2, 0) is 19.5 Å². The summed E-state index contributed by atoms with van der Waals surface area (Å²) < 4.78 is 3.22. The van der Waals surface area contributed by atoms with Crippen molar-refractivity contribution < 1.29 is 0 Å². The minimum atomic E-state index is 0.182. The van der Waals surface area contributed by atoms with Crippen molar-refractivity contribution in [2.75, 3.05) is 11.4 Å². The number of anilines is 1. The molecule has 0 radical (unpaired) electrons. The molecule has 5 nitrogen and oxygen atoms in total. The predicted molar refractivity (Wildman–Crippen MR) is 82.6 cm³/mol. The summed E-state index contributed by atoms with van der Waals surface area (Å²) in [5.41, 5.74) is 8.31. The average molecular weight is 336 g/mol. The van der Waals surface area contributed by atoms with Gasteiger partial charge in [-0.05, 0) is 47.0 Å². The number of nitrogens with two attached hydrogens (primary N) is 1. The van der Waals surface area contributed by atoms with Crippen LogP contribution in [0.15, 0.2) is 29.0 Å². The van der Waals surface area contributed by atoms with Crippen LogP contribution >= 0.6 is 15.9 Å². The molecule has 0 spiro atoms. The lowest BCUT2D eigenvalue weighted by molar-refractivity contribution is 0.559. The molecule has 0 saturated heterocycles. The third kappa shape index (κ3) is 2.71. The summed E-state index contributed by atoms with van der Waals surface area (Å²) in [7, 11) is 0. The molecule has 1 atom stereocenters. The highest BCUT2D eigenvalue weighted by Crippen LogP contribution is 2.30. The van der Waals surface area contributed by atoms with Gasteiger partial charge in [-0.15, -0.1) is 10.2 Å². The van der Waals surface area contributed by atoms with Crippen molar-refractivity contribution in [3.8, 4) is 0 Å². The van der Waals surface area contributed by atoms with Crippen molar-refractivity contribution in [2.24, 2.45) is 5.73 Å². The zero-order valence-corrected chi connectivity index (χ0v) is 13.0. The van der Waals surface area contributed by atoms with Crippen LogP contribution in [0.2, 0.25) is 0 Å². The van der Waals surface area contributed by atoms with Crippen molar-refractivity contribution in [1.82, 2.24) is 14.8 Å². The van der Waals surface area contributed by atoms with Gasteiger partial charge in [-0.3, -0.25) is 0 Å². The fourth-order valence-electron chi connectivity index (χ4n) is 2.58. The molecule has 0 bridgehead atoms. The Bertz CT molecular complexity index is 607. The minimum absolute atomic E-state index is 0.182. The Morgan fingerprint density at radius 3 is 3.00 bits per heavy atom. The normalized spacial score (nSPS) is 16.1. The van der Waals surface area contributed by atoms with Gasteiger partial charge in [0.05, 0.1) is 12.2 Å². The summed E-state index contributed by atoms with van der Waals surface area (Å²) in [6.45, 7) is 4.72. The highest BCUT2D eigenvalue weighted by atomic mass is 79.9. The lowest BCUT2D eigenvalue weighted by atomic mass is 10.1. The summed E-state index contributed by atoms with van der Waals surface area (Å²) in [6.07, 6.45) is 2.70. The first-order chi connectivity index (χ1) is 9.63. The highest BCUT2D eigenvalue weighted by molar-refractivity contribution is 9.10. The maximum absolute atomic E-state index is 5.85. The van der Waals surface area contributed by atoms with Crippen molar-refractivity contribution in [3.63, 3.8) is 0 Å². The molecule has 2 aromatic rings. The van der Waals surface area contributed by atoms with Crippen LogP contribution in [0.25, 0.3) is 0 Å². The molecule has 0 aliphatic carbocycles. The van der Waals surface area contributed by atoms with Crippen molar-refractivity contribution in [1.29, 1.82) is 0 Å². The molecule has 2 heterocycles. The third-order valence-corrected chi connectivity index (χ3v) is 4.18. The van der Waals surface area contributed by atoms with E-state index in [-0.39, 0.29) is 6.04 Å². The van der Waals surface area contributed by atoms with Gasteiger partial charge in [0.1, 0.15) is 6.33 Å². The summed E-state index contributed by atoms with van der Waals surface area (Å²) in [5.74, 6) is 1.02. The van der Waals surface area contributed by atoms with E-state index < -0.39 is 0 Å². The van der Waals surface area contributed by atoms with E-state index in [0.29, 0.717) is 0 Å². The van der Waals surface area contributed by atoms with E-state index in [1.54, 1.807) is 6.33 Å². The van der Waals surface area contributed by atoms with Gasteiger partial charge in [0.2, 0.25) is 0 Å². The number of nitrogens with zero attached hydrogens (tertiary/aromatic N) is 4. The first-order valence-electron chi connectivity index (χ1n) is 6.79. The number of hydrogen-bond donors (Lipinski definition) is 1. The van der Waals surface area contributed by atoms with Crippen LogP contribution < -0.4 is 10.6 Å². The van der Waals surface area contributed by atoms with Crippen LogP contribution in [0, 0.1) is 0 Å². The van der Waals surface area contributed by atoms with E-state index in [9.17, 15) is 0 Å². The van der Waals surface area contributed by atoms with E-state index >= 15 is 0 Å². The quantitative estimate of drug-likeness (QED) is 0.931. The fraction of sp³-hybridized carbons (Fsp3) is 0.429. The minimum Gasteiger partial charge on any atom is -0.361 e. The first kappa shape index (κ1) is 13.6. The van der Waals surface area contributed by atoms with Crippen LogP contribution in [0.3, 0.4) is 0 Å². The fourth-order valence-corrected chi connectivity index (χ4v) is 3.25. The van der Waals surface area contributed by atoms with Crippen LogP contribution in [0.5, 0.6) is 0 Å². The van der Waals surface area contributed by atoms with E-state index in [1.165, 1.54) is 11.3 Å². The SMILES string of the molecule is CC(N)Cc1ccc(N2CCn3cnnc3C2)c(Br)c1. The van der Waals surface area contributed by atoms with Gasteiger partial charge in [0, 0.05) is 23.6 Å². The zero-order chi connectivity index (χ0) is 14.1. The zero-order valence-electron chi connectivity index (χ0n) is 11.5. The van der Waals surface area contributed by atoms with E-state index in [0.717, 1.165) is 36.4 Å². The maximum Gasteiger partial charge on any atom is 0.152 e. The molecule has 1 unspecified atom stereocenters. The van der Waals surface area contributed by atoms with Crippen LogP contribution in [-0.4, -0.2) is 27.4 Å². The monoisotopic (exact) mass is 335 g/mol. The lowest BCUT2D eigenvalue weighted by Gasteiger charge is -2.30. The maximum atomic E-state index is 5.85. The largest absolute Gasteiger partial charge is 0.361 e. The molecule has 6 heteroatoms. The molecule has 3 rings (SSSR count). The van der Waals surface area contributed by atoms with Gasteiger partial charge < -0.3 is 15.2 Å². The molecule has 20 heavy (non-hydrogen) atoms. The van der Waals surface area contributed by atoms with Gasteiger partial charge in [-0.2, -0.15) is 0 Å². The second-order valence-corrected chi connectivity index (χ2v) is 6.18. The molecular formula is C14H18BrN5. The number of fused-ring (bicyclic) bond motifs is 1. The number of rotatable bonds is 3. The smallest absolute Gasteiger partial charge is 0.152 e. The Kier molecular flexibility index (Phi) is 3.76. The van der Waals surface area contributed by atoms with Crippen LogP contribution in [0.1, 0.15) is 18.3 Å². The van der Waals surface area contributed by atoms with Gasteiger partial charge in [-0.1, -0.05) is 6.07 Å². The molecule has 1 aliphatic rings. The molecule has 1 aromatic carbocycles. The Hall–Kier alpha value is -1.40. The van der Waals surface area contributed by atoms with Gasteiger partial charge in [0.25, 0.3) is 0 Å². The molecule has 0 fully saturated rings. The number of benzene rings is 1. The Balaban J connectivity index is 1.81. The topological polar surface area (TPSA) is 60.0 Å². The summed E-state index contributed by atoms with van der Waals surface area (Å²) in [5, 5.41) is 8.12. The second kappa shape index (κ2) is 5.54. The predicted octanol–water partition coefficient (Wildman–Crippen LogP) is 1.95. The molecule has 1 aliphatic heterocycles. The Morgan fingerprint density at radius 1 is 1.40 bits per heavy atom. The lowest BCUT2D eigenvalue weighted by Crippen LogP contribution is -2.33.